The lowest BCUT2D eigenvalue weighted by atomic mass is 9.73. The monoisotopic (exact) mass is 251 g/mol. The summed E-state index contributed by atoms with van der Waals surface area (Å²) in [6.45, 7) is 13.9. The van der Waals surface area contributed by atoms with Gasteiger partial charge in [-0.15, -0.1) is 11.3 Å². The van der Waals surface area contributed by atoms with Crippen molar-refractivity contribution in [2.45, 2.75) is 66.2 Å². The molecule has 1 aromatic rings. The van der Waals surface area contributed by atoms with Gasteiger partial charge in [-0.2, -0.15) is 0 Å². The van der Waals surface area contributed by atoms with E-state index < -0.39 is 0 Å². The third-order valence-corrected chi connectivity index (χ3v) is 5.39. The second kappa shape index (κ2) is 4.08. The summed E-state index contributed by atoms with van der Waals surface area (Å²) in [5, 5.41) is 1.32. The molecule has 0 fully saturated rings. The highest BCUT2D eigenvalue weighted by molar-refractivity contribution is 7.11. The highest BCUT2D eigenvalue weighted by atomic mass is 32.1. The van der Waals surface area contributed by atoms with Gasteiger partial charge in [0.25, 0.3) is 0 Å². The van der Waals surface area contributed by atoms with Crippen LogP contribution in [0.4, 0.5) is 0 Å². The van der Waals surface area contributed by atoms with E-state index in [0.717, 1.165) is 5.92 Å². The SMILES string of the molecule is CC(C)(C)c1nc2c(s1)CCC(C(C)(C)C)C2. The Morgan fingerprint density at radius 2 is 1.76 bits per heavy atom. The zero-order valence-corrected chi connectivity index (χ0v) is 12.9. The number of hydrogen-bond donors (Lipinski definition) is 0. The minimum absolute atomic E-state index is 0.208. The molecule has 1 aliphatic rings. The summed E-state index contributed by atoms with van der Waals surface area (Å²) in [5.41, 5.74) is 2.02. The maximum absolute atomic E-state index is 4.90. The van der Waals surface area contributed by atoms with Crippen LogP contribution in [0.2, 0.25) is 0 Å². The van der Waals surface area contributed by atoms with E-state index in [2.05, 4.69) is 41.5 Å². The van der Waals surface area contributed by atoms with Gasteiger partial charge in [-0.05, 0) is 30.6 Å². The Kier molecular flexibility index (Phi) is 3.14. The molecule has 1 aromatic heterocycles. The van der Waals surface area contributed by atoms with E-state index in [0.29, 0.717) is 5.41 Å². The molecule has 0 N–H and O–H groups in total. The fourth-order valence-corrected chi connectivity index (χ4v) is 3.60. The van der Waals surface area contributed by atoms with Gasteiger partial charge in [0.1, 0.15) is 0 Å². The van der Waals surface area contributed by atoms with Gasteiger partial charge in [0, 0.05) is 10.3 Å². The van der Waals surface area contributed by atoms with Gasteiger partial charge in [0.15, 0.2) is 0 Å². The van der Waals surface area contributed by atoms with Crippen molar-refractivity contribution in [2.75, 3.05) is 0 Å². The van der Waals surface area contributed by atoms with Crippen molar-refractivity contribution >= 4 is 11.3 Å². The van der Waals surface area contributed by atoms with Crippen molar-refractivity contribution in [2.24, 2.45) is 11.3 Å². The first kappa shape index (κ1) is 13.1. The lowest BCUT2D eigenvalue weighted by Crippen LogP contribution is -2.26. The predicted octanol–water partition coefficient (Wildman–Crippen LogP) is 4.59. The molecule has 1 unspecified atom stereocenters. The van der Waals surface area contributed by atoms with Crippen molar-refractivity contribution in [1.82, 2.24) is 4.98 Å². The van der Waals surface area contributed by atoms with E-state index in [4.69, 9.17) is 4.98 Å². The molecule has 1 atom stereocenters. The van der Waals surface area contributed by atoms with Crippen LogP contribution in [0.5, 0.6) is 0 Å². The van der Waals surface area contributed by atoms with E-state index in [9.17, 15) is 0 Å². The van der Waals surface area contributed by atoms with Crippen LogP contribution in [-0.4, -0.2) is 4.98 Å². The molecule has 17 heavy (non-hydrogen) atoms. The number of hydrogen-bond acceptors (Lipinski definition) is 2. The third-order valence-electron chi connectivity index (χ3n) is 3.80. The quantitative estimate of drug-likeness (QED) is 0.657. The number of nitrogens with zero attached hydrogens (tertiary/aromatic N) is 1. The van der Waals surface area contributed by atoms with Crippen LogP contribution in [-0.2, 0) is 18.3 Å². The second-order valence-corrected chi connectivity index (χ2v) is 8.53. The van der Waals surface area contributed by atoms with Crippen LogP contribution >= 0.6 is 11.3 Å². The number of aromatic nitrogens is 1. The Morgan fingerprint density at radius 3 is 2.29 bits per heavy atom. The molecule has 0 radical (unpaired) electrons. The fraction of sp³-hybridized carbons (Fsp3) is 0.800. The first-order chi connectivity index (χ1) is 7.68. The highest BCUT2D eigenvalue weighted by Crippen LogP contribution is 2.40. The first-order valence-corrected chi connectivity index (χ1v) is 7.48. The summed E-state index contributed by atoms with van der Waals surface area (Å²) in [7, 11) is 0. The first-order valence-electron chi connectivity index (χ1n) is 6.67. The maximum Gasteiger partial charge on any atom is 0.0984 e. The average molecular weight is 251 g/mol. The Labute approximate surface area is 110 Å². The van der Waals surface area contributed by atoms with Gasteiger partial charge < -0.3 is 0 Å². The summed E-state index contributed by atoms with van der Waals surface area (Å²) in [6, 6.07) is 0. The zero-order chi connectivity index (χ0) is 12.8. The van der Waals surface area contributed by atoms with Gasteiger partial charge in [-0.3, -0.25) is 0 Å². The van der Waals surface area contributed by atoms with E-state index in [-0.39, 0.29) is 5.41 Å². The van der Waals surface area contributed by atoms with Crippen LogP contribution in [0.25, 0.3) is 0 Å². The number of aryl methyl sites for hydroxylation is 1. The average Bonchev–Trinajstić information content (AvgIpc) is 2.57. The van der Waals surface area contributed by atoms with Crippen LogP contribution in [0, 0.1) is 11.3 Å². The fourth-order valence-electron chi connectivity index (χ4n) is 2.44. The van der Waals surface area contributed by atoms with E-state index in [1.807, 2.05) is 11.3 Å². The van der Waals surface area contributed by atoms with Crippen molar-refractivity contribution in [1.29, 1.82) is 0 Å². The smallest absolute Gasteiger partial charge is 0.0984 e. The molecule has 96 valence electrons. The zero-order valence-electron chi connectivity index (χ0n) is 12.1. The van der Waals surface area contributed by atoms with Crippen molar-refractivity contribution < 1.29 is 0 Å². The molecule has 0 amide bonds. The molecule has 2 rings (SSSR count). The van der Waals surface area contributed by atoms with E-state index in [1.165, 1.54) is 30.0 Å². The summed E-state index contributed by atoms with van der Waals surface area (Å²) >= 11 is 1.94. The largest absolute Gasteiger partial charge is 0.245 e. The van der Waals surface area contributed by atoms with Crippen LogP contribution in [0.3, 0.4) is 0 Å². The molecular weight excluding hydrogens is 226 g/mol. The van der Waals surface area contributed by atoms with Crippen molar-refractivity contribution in [3.8, 4) is 0 Å². The van der Waals surface area contributed by atoms with Crippen molar-refractivity contribution in [3.63, 3.8) is 0 Å². The predicted molar refractivity (Wildman–Crippen MR) is 75.8 cm³/mol. The molecular formula is C15H25NS. The topological polar surface area (TPSA) is 12.9 Å². The van der Waals surface area contributed by atoms with Crippen molar-refractivity contribution in [3.05, 3.63) is 15.6 Å². The lowest BCUT2D eigenvalue weighted by molar-refractivity contribution is 0.215. The number of rotatable bonds is 0. The standard InChI is InChI=1S/C15H25NS/c1-14(2,3)10-7-8-12-11(9-10)16-13(17-12)15(4,5)6/h10H,7-9H2,1-6H3. The van der Waals surface area contributed by atoms with Gasteiger partial charge in [0.05, 0.1) is 10.7 Å². The van der Waals surface area contributed by atoms with Gasteiger partial charge in [-0.1, -0.05) is 41.5 Å². The molecule has 0 aromatic carbocycles. The Balaban J connectivity index is 2.25. The van der Waals surface area contributed by atoms with Crippen LogP contribution in [0.1, 0.15) is 63.5 Å². The number of thiazole rings is 1. The molecule has 2 heteroatoms. The normalized spacial score (nSPS) is 21.4. The second-order valence-electron chi connectivity index (χ2n) is 7.44. The third kappa shape index (κ3) is 2.73. The highest BCUT2D eigenvalue weighted by Gasteiger charge is 2.32. The molecule has 1 aliphatic carbocycles. The van der Waals surface area contributed by atoms with E-state index in [1.54, 1.807) is 4.88 Å². The molecule has 0 aliphatic heterocycles. The summed E-state index contributed by atoms with van der Waals surface area (Å²) in [5.74, 6) is 0.796. The maximum atomic E-state index is 4.90. The Bertz CT molecular complexity index is 404. The summed E-state index contributed by atoms with van der Waals surface area (Å²) in [4.78, 5) is 6.46. The Hall–Kier alpha value is -0.370. The lowest BCUT2D eigenvalue weighted by Gasteiger charge is -2.33. The molecule has 0 saturated carbocycles. The molecule has 0 bridgehead atoms. The van der Waals surface area contributed by atoms with Crippen LogP contribution in [0.15, 0.2) is 0 Å². The minimum atomic E-state index is 0.208. The minimum Gasteiger partial charge on any atom is -0.245 e. The Morgan fingerprint density at radius 1 is 1.12 bits per heavy atom. The van der Waals surface area contributed by atoms with Gasteiger partial charge >= 0.3 is 0 Å². The molecule has 0 spiro atoms. The van der Waals surface area contributed by atoms with Gasteiger partial charge in [-0.25, -0.2) is 4.98 Å². The molecule has 1 heterocycles. The van der Waals surface area contributed by atoms with Crippen LogP contribution < -0.4 is 0 Å². The molecule has 0 saturated heterocycles. The number of fused-ring (bicyclic) bond motifs is 1. The summed E-state index contributed by atoms with van der Waals surface area (Å²) in [6.07, 6.45) is 3.76. The van der Waals surface area contributed by atoms with E-state index >= 15 is 0 Å². The molecule has 1 nitrogen and oxygen atoms in total. The summed E-state index contributed by atoms with van der Waals surface area (Å²) < 4.78 is 0. The van der Waals surface area contributed by atoms with Gasteiger partial charge in [0.2, 0.25) is 0 Å².